The highest BCUT2D eigenvalue weighted by atomic mass is 32.2. The van der Waals surface area contributed by atoms with Crippen LogP contribution in [-0.2, 0) is 26.1 Å². The Labute approximate surface area is 158 Å². The number of amides is 2. The van der Waals surface area contributed by atoms with Gasteiger partial charge in [0.25, 0.3) is 5.91 Å². The second-order valence-corrected chi connectivity index (χ2v) is 9.58. The molecular weight excluding hydrogens is 378 g/mol. The van der Waals surface area contributed by atoms with Crippen LogP contribution in [0.3, 0.4) is 0 Å². The number of nitrogens with zero attached hydrogens (tertiary/aromatic N) is 1. The van der Waals surface area contributed by atoms with Gasteiger partial charge in [0.1, 0.15) is 0 Å². The lowest BCUT2D eigenvalue weighted by Gasteiger charge is -2.34. The third kappa shape index (κ3) is 6.04. The first-order valence-corrected chi connectivity index (χ1v) is 10.8. The number of carbonyl (C=O) groups excluding carboxylic acids is 2. The molecule has 2 amide bonds. The van der Waals surface area contributed by atoms with Crippen molar-refractivity contribution in [3.05, 3.63) is 21.9 Å². The van der Waals surface area contributed by atoms with Crippen LogP contribution in [0.25, 0.3) is 0 Å². The monoisotopic (exact) mass is 403 g/mol. The zero-order valence-electron chi connectivity index (χ0n) is 15.1. The van der Waals surface area contributed by atoms with Gasteiger partial charge < -0.3 is 15.4 Å². The molecule has 0 aliphatic carbocycles. The Morgan fingerprint density at radius 2 is 1.88 bits per heavy atom. The summed E-state index contributed by atoms with van der Waals surface area (Å²) in [4.78, 5) is 24.4. The van der Waals surface area contributed by atoms with Gasteiger partial charge in [-0.2, -0.15) is 4.31 Å². The molecule has 0 spiro atoms. The largest absolute Gasteiger partial charge is 0.373 e. The molecule has 146 valence electrons. The van der Waals surface area contributed by atoms with Crippen LogP contribution in [0.5, 0.6) is 0 Å². The molecule has 0 aromatic carbocycles. The number of hydrogen-bond donors (Lipinski definition) is 2. The molecule has 1 saturated heterocycles. The predicted octanol–water partition coefficient (Wildman–Crippen LogP) is 0.553. The molecule has 1 aliphatic heterocycles. The number of ether oxygens (including phenoxy) is 1. The summed E-state index contributed by atoms with van der Waals surface area (Å²) in [5.74, 6) is -0.605. The highest BCUT2D eigenvalue weighted by Gasteiger charge is 2.30. The number of hydrogen-bond acceptors (Lipinski definition) is 6. The summed E-state index contributed by atoms with van der Waals surface area (Å²) in [5.41, 5.74) is 0. The van der Waals surface area contributed by atoms with Gasteiger partial charge >= 0.3 is 0 Å². The van der Waals surface area contributed by atoms with Gasteiger partial charge in [-0.25, -0.2) is 8.42 Å². The molecule has 0 radical (unpaired) electrons. The zero-order chi connectivity index (χ0) is 19.3. The van der Waals surface area contributed by atoms with Crippen molar-refractivity contribution in [2.24, 2.45) is 0 Å². The van der Waals surface area contributed by atoms with E-state index in [1.807, 2.05) is 13.8 Å². The van der Waals surface area contributed by atoms with Crippen molar-refractivity contribution in [3.63, 3.8) is 0 Å². The fraction of sp³-hybridized carbons (Fsp3) is 0.625. The normalized spacial score (nSPS) is 21.3. The molecular formula is C16H25N3O5S2. The average molecular weight is 404 g/mol. The van der Waals surface area contributed by atoms with E-state index < -0.39 is 10.0 Å². The van der Waals surface area contributed by atoms with Gasteiger partial charge in [-0.1, -0.05) is 0 Å². The number of nitrogens with one attached hydrogen (secondary N) is 2. The van der Waals surface area contributed by atoms with Crippen LogP contribution in [0.4, 0.5) is 0 Å². The first-order valence-electron chi connectivity index (χ1n) is 8.42. The predicted molar refractivity (Wildman–Crippen MR) is 99.5 cm³/mol. The molecule has 8 nitrogen and oxygen atoms in total. The maximum atomic E-state index is 12.4. The molecule has 2 heterocycles. The van der Waals surface area contributed by atoms with Crippen molar-refractivity contribution in [2.45, 2.75) is 39.5 Å². The van der Waals surface area contributed by atoms with Gasteiger partial charge in [0.2, 0.25) is 15.9 Å². The molecule has 2 unspecified atom stereocenters. The minimum Gasteiger partial charge on any atom is -0.373 e. The molecule has 1 fully saturated rings. The quantitative estimate of drug-likeness (QED) is 0.692. The maximum absolute atomic E-state index is 12.4. The Bertz CT molecular complexity index is 737. The van der Waals surface area contributed by atoms with Gasteiger partial charge in [0.15, 0.2) is 0 Å². The summed E-state index contributed by atoms with van der Waals surface area (Å²) in [6.45, 7) is 6.19. The molecule has 2 rings (SSSR count). The zero-order valence-corrected chi connectivity index (χ0v) is 16.8. The highest BCUT2D eigenvalue weighted by Crippen LogP contribution is 2.17. The number of morpholine rings is 1. The molecule has 1 aromatic rings. The van der Waals surface area contributed by atoms with Crippen molar-refractivity contribution in [1.29, 1.82) is 0 Å². The Morgan fingerprint density at radius 3 is 2.50 bits per heavy atom. The smallest absolute Gasteiger partial charge is 0.261 e. The third-order valence-electron chi connectivity index (χ3n) is 3.82. The highest BCUT2D eigenvalue weighted by molar-refractivity contribution is 7.89. The fourth-order valence-corrected chi connectivity index (χ4v) is 5.03. The van der Waals surface area contributed by atoms with Crippen molar-refractivity contribution in [3.8, 4) is 0 Å². The first-order chi connectivity index (χ1) is 12.2. The topological polar surface area (TPSA) is 105 Å². The molecule has 0 bridgehead atoms. The lowest BCUT2D eigenvalue weighted by molar-refractivity contribution is -0.119. The maximum Gasteiger partial charge on any atom is 0.261 e. The second-order valence-electron chi connectivity index (χ2n) is 6.32. The van der Waals surface area contributed by atoms with E-state index >= 15 is 0 Å². The van der Waals surface area contributed by atoms with Crippen LogP contribution in [0.2, 0.25) is 0 Å². The van der Waals surface area contributed by atoms with E-state index in [0.717, 1.165) is 4.88 Å². The van der Waals surface area contributed by atoms with Gasteiger partial charge in [-0.3, -0.25) is 9.59 Å². The average Bonchev–Trinajstić information content (AvgIpc) is 3.01. The SMILES string of the molecule is CC(=O)NCc1ccc(C(=O)NCCS(=O)(=O)N2CC(C)OC(C)C2)s1. The van der Waals surface area contributed by atoms with E-state index in [9.17, 15) is 18.0 Å². The lowest BCUT2D eigenvalue weighted by Crippen LogP contribution is -2.49. The van der Waals surface area contributed by atoms with E-state index in [1.165, 1.54) is 22.6 Å². The molecule has 26 heavy (non-hydrogen) atoms. The van der Waals surface area contributed by atoms with Gasteiger partial charge in [-0.05, 0) is 26.0 Å². The molecule has 10 heteroatoms. The van der Waals surface area contributed by atoms with Crippen molar-refractivity contribution in [1.82, 2.24) is 14.9 Å². The van der Waals surface area contributed by atoms with Gasteiger partial charge in [-0.15, -0.1) is 11.3 Å². The molecule has 1 aliphatic rings. The summed E-state index contributed by atoms with van der Waals surface area (Å²) in [5, 5.41) is 5.31. The van der Waals surface area contributed by atoms with Crippen molar-refractivity contribution >= 4 is 33.2 Å². The number of rotatable bonds is 7. The summed E-state index contributed by atoms with van der Waals surface area (Å²) in [6, 6.07) is 3.43. The minimum absolute atomic E-state index is 0.0419. The second kappa shape index (κ2) is 8.94. The van der Waals surface area contributed by atoms with Crippen LogP contribution >= 0.6 is 11.3 Å². The number of sulfonamides is 1. The van der Waals surface area contributed by atoms with Crippen LogP contribution in [0.1, 0.15) is 35.3 Å². The van der Waals surface area contributed by atoms with Crippen molar-refractivity contribution in [2.75, 3.05) is 25.4 Å². The lowest BCUT2D eigenvalue weighted by atomic mass is 10.3. The van der Waals surface area contributed by atoms with E-state index in [0.29, 0.717) is 24.5 Å². The fourth-order valence-electron chi connectivity index (χ4n) is 2.67. The Morgan fingerprint density at radius 1 is 1.23 bits per heavy atom. The Kier molecular flexibility index (Phi) is 7.16. The molecule has 0 saturated carbocycles. The van der Waals surface area contributed by atoms with E-state index in [-0.39, 0.29) is 36.3 Å². The Hall–Kier alpha value is -1.49. The number of thiophene rings is 1. The summed E-state index contributed by atoms with van der Waals surface area (Å²) < 4.78 is 31.8. The van der Waals surface area contributed by atoms with E-state index in [4.69, 9.17) is 4.74 Å². The summed E-state index contributed by atoms with van der Waals surface area (Å²) in [7, 11) is -3.45. The standard InChI is InChI=1S/C16H25N3O5S2/c1-11-9-19(10-12(2)24-11)26(22,23)7-6-17-16(21)15-5-4-14(25-15)8-18-13(3)20/h4-5,11-12H,6-10H2,1-3H3,(H,17,21)(H,18,20). The molecule has 1 aromatic heterocycles. The van der Waals surface area contributed by atoms with Crippen LogP contribution < -0.4 is 10.6 Å². The third-order valence-corrected chi connectivity index (χ3v) is 6.71. The van der Waals surface area contributed by atoms with Crippen LogP contribution in [0, 0.1) is 0 Å². The summed E-state index contributed by atoms with van der Waals surface area (Å²) in [6.07, 6.45) is -0.285. The van der Waals surface area contributed by atoms with Crippen LogP contribution in [-0.4, -0.2) is 62.1 Å². The molecule has 2 N–H and O–H groups in total. The van der Waals surface area contributed by atoms with Crippen molar-refractivity contribution < 1.29 is 22.7 Å². The Balaban J connectivity index is 1.83. The van der Waals surface area contributed by atoms with Gasteiger partial charge in [0.05, 0.1) is 29.4 Å². The van der Waals surface area contributed by atoms with E-state index in [1.54, 1.807) is 12.1 Å². The first kappa shape index (κ1) is 20.8. The van der Waals surface area contributed by atoms with Crippen LogP contribution in [0.15, 0.2) is 12.1 Å². The van der Waals surface area contributed by atoms with E-state index in [2.05, 4.69) is 10.6 Å². The molecule has 2 atom stereocenters. The number of carbonyl (C=O) groups is 2. The summed E-state index contributed by atoms with van der Waals surface area (Å²) >= 11 is 1.27. The van der Waals surface area contributed by atoms with Gasteiger partial charge in [0, 0.05) is 31.4 Å². The minimum atomic E-state index is -3.45.